The molecule has 0 spiro atoms. The molecule has 2 atom stereocenters. The first kappa shape index (κ1) is 10.1. The number of piperidine rings is 1. The highest BCUT2D eigenvalue weighted by molar-refractivity contribution is 9.10. The monoisotopic (exact) mass is 281 g/mol. The smallest absolute Gasteiger partial charge is 0.407 e. The van der Waals surface area contributed by atoms with Crippen LogP contribution in [0.15, 0.2) is 28.7 Å². The zero-order chi connectivity index (χ0) is 11.3. The first-order valence-electron chi connectivity index (χ1n) is 5.36. The summed E-state index contributed by atoms with van der Waals surface area (Å²) in [7, 11) is 0. The van der Waals surface area contributed by atoms with Crippen molar-refractivity contribution in [3.8, 4) is 0 Å². The van der Waals surface area contributed by atoms with Gasteiger partial charge in [0.25, 0.3) is 0 Å². The third-order valence-electron chi connectivity index (χ3n) is 3.82. The zero-order valence-electron chi connectivity index (χ0n) is 8.69. The zero-order valence-corrected chi connectivity index (χ0v) is 10.3. The summed E-state index contributed by atoms with van der Waals surface area (Å²) in [6.07, 6.45) is 0.342. The topological polar surface area (TPSA) is 40.5 Å². The molecule has 3 nitrogen and oxygen atoms in total. The number of benzene rings is 1. The van der Waals surface area contributed by atoms with Crippen molar-refractivity contribution < 1.29 is 9.90 Å². The quantitative estimate of drug-likeness (QED) is 0.860. The van der Waals surface area contributed by atoms with Crippen molar-refractivity contribution in [1.82, 2.24) is 4.90 Å². The maximum absolute atomic E-state index is 10.9. The van der Waals surface area contributed by atoms with E-state index in [2.05, 4.69) is 28.1 Å². The molecule has 1 saturated carbocycles. The third kappa shape index (κ3) is 1.36. The van der Waals surface area contributed by atoms with Gasteiger partial charge in [-0.3, -0.25) is 0 Å². The molecule has 0 bridgehead atoms. The van der Waals surface area contributed by atoms with Gasteiger partial charge in [-0.1, -0.05) is 28.1 Å². The van der Waals surface area contributed by atoms with Crippen LogP contribution in [0.5, 0.6) is 0 Å². The minimum atomic E-state index is -0.790. The van der Waals surface area contributed by atoms with Gasteiger partial charge in [0.05, 0.1) is 0 Å². The summed E-state index contributed by atoms with van der Waals surface area (Å²) in [5.74, 6) is 0.526. The van der Waals surface area contributed by atoms with Crippen LogP contribution in [-0.2, 0) is 5.41 Å². The lowest BCUT2D eigenvalue weighted by Crippen LogP contribution is -2.31. The Balaban J connectivity index is 1.90. The summed E-state index contributed by atoms with van der Waals surface area (Å²) >= 11 is 3.47. The van der Waals surface area contributed by atoms with E-state index in [1.165, 1.54) is 10.5 Å². The van der Waals surface area contributed by atoms with E-state index in [1.807, 2.05) is 12.1 Å². The number of carbonyl (C=O) groups is 1. The molecule has 0 radical (unpaired) electrons. The first-order valence-corrected chi connectivity index (χ1v) is 6.15. The molecular weight excluding hydrogens is 270 g/mol. The summed E-state index contributed by atoms with van der Waals surface area (Å²) in [4.78, 5) is 12.5. The summed E-state index contributed by atoms with van der Waals surface area (Å²) in [5, 5.41) is 8.98. The van der Waals surface area contributed by atoms with E-state index in [9.17, 15) is 4.79 Å². The number of nitrogens with zero attached hydrogens (tertiary/aromatic N) is 1. The average Bonchev–Trinajstić information content (AvgIpc) is 2.82. The Morgan fingerprint density at radius 1 is 1.56 bits per heavy atom. The summed E-state index contributed by atoms with van der Waals surface area (Å²) in [6.45, 7) is 1.35. The maximum atomic E-state index is 10.9. The van der Waals surface area contributed by atoms with Crippen LogP contribution < -0.4 is 0 Å². The number of carboxylic acid groups (broad SMARTS) is 1. The van der Waals surface area contributed by atoms with Gasteiger partial charge in [0.1, 0.15) is 0 Å². The van der Waals surface area contributed by atoms with E-state index in [1.54, 1.807) is 0 Å². The van der Waals surface area contributed by atoms with Gasteiger partial charge in [0.15, 0.2) is 0 Å². The van der Waals surface area contributed by atoms with Gasteiger partial charge in [-0.2, -0.15) is 0 Å². The molecule has 1 aromatic rings. The number of fused-ring (bicyclic) bond motifs is 1. The minimum absolute atomic E-state index is 0.113. The Labute approximate surface area is 102 Å². The molecule has 1 amide bonds. The number of halogens is 1. The molecule has 1 aliphatic heterocycles. The van der Waals surface area contributed by atoms with E-state index in [4.69, 9.17) is 5.11 Å². The highest BCUT2D eigenvalue weighted by Crippen LogP contribution is 2.59. The number of rotatable bonds is 1. The minimum Gasteiger partial charge on any atom is -0.465 e. The lowest BCUT2D eigenvalue weighted by atomic mass is 9.95. The highest BCUT2D eigenvalue weighted by Gasteiger charge is 2.61. The Morgan fingerprint density at radius 2 is 2.38 bits per heavy atom. The Bertz CT molecular complexity index is 462. The molecular formula is C12H12BrNO2. The largest absolute Gasteiger partial charge is 0.465 e. The van der Waals surface area contributed by atoms with Gasteiger partial charge in [-0.25, -0.2) is 4.79 Å². The van der Waals surface area contributed by atoms with E-state index >= 15 is 0 Å². The van der Waals surface area contributed by atoms with Crippen molar-refractivity contribution in [1.29, 1.82) is 0 Å². The van der Waals surface area contributed by atoms with Crippen LogP contribution in [0.4, 0.5) is 4.79 Å². The van der Waals surface area contributed by atoms with Gasteiger partial charge in [0, 0.05) is 23.0 Å². The molecule has 1 N–H and O–H groups in total. The van der Waals surface area contributed by atoms with Crippen molar-refractivity contribution in [3.05, 3.63) is 34.3 Å². The van der Waals surface area contributed by atoms with Gasteiger partial charge in [-0.15, -0.1) is 0 Å². The van der Waals surface area contributed by atoms with Gasteiger partial charge < -0.3 is 10.0 Å². The van der Waals surface area contributed by atoms with Crippen LogP contribution in [0.1, 0.15) is 12.0 Å². The second kappa shape index (κ2) is 3.23. The fourth-order valence-electron chi connectivity index (χ4n) is 2.87. The average molecular weight is 282 g/mol. The Morgan fingerprint density at radius 3 is 3.00 bits per heavy atom. The SMILES string of the molecule is O=C(O)N1CC2CC2(c2cccc(Br)c2)C1. The van der Waals surface area contributed by atoms with Gasteiger partial charge in [-0.05, 0) is 30.0 Å². The highest BCUT2D eigenvalue weighted by atomic mass is 79.9. The van der Waals surface area contributed by atoms with Gasteiger partial charge in [0.2, 0.25) is 0 Å². The fourth-order valence-corrected chi connectivity index (χ4v) is 3.27. The van der Waals surface area contributed by atoms with Crippen LogP contribution in [0, 0.1) is 5.92 Å². The number of amides is 1. The van der Waals surface area contributed by atoms with Crippen molar-refractivity contribution in [2.45, 2.75) is 11.8 Å². The molecule has 1 saturated heterocycles. The van der Waals surface area contributed by atoms with Crippen molar-refractivity contribution in [2.75, 3.05) is 13.1 Å². The van der Waals surface area contributed by atoms with Crippen LogP contribution >= 0.6 is 15.9 Å². The molecule has 16 heavy (non-hydrogen) atoms. The maximum Gasteiger partial charge on any atom is 0.407 e. The summed E-state index contributed by atoms with van der Waals surface area (Å²) in [5.41, 5.74) is 1.39. The molecule has 2 aliphatic rings. The van der Waals surface area contributed by atoms with E-state index in [0.29, 0.717) is 19.0 Å². The predicted molar refractivity (Wildman–Crippen MR) is 63.5 cm³/mol. The van der Waals surface area contributed by atoms with E-state index in [-0.39, 0.29) is 5.41 Å². The molecule has 1 aliphatic carbocycles. The first-order chi connectivity index (χ1) is 7.62. The molecule has 2 unspecified atom stereocenters. The predicted octanol–water partition coefficient (Wildman–Crippen LogP) is 2.70. The Kier molecular flexibility index (Phi) is 2.05. The fraction of sp³-hybridized carbons (Fsp3) is 0.417. The summed E-state index contributed by atoms with van der Waals surface area (Å²) in [6, 6.07) is 8.25. The van der Waals surface area contributed by atoms with E-state index < -0.39 is 6.09 Å². The van der Waals surface area contributed by atoms with Gasteiger partial charge >= 0.3 is 6.09 Å². The van der Waals surface area contributed by atoms with Crippen molar-refractivity contribution >= 4 is 22.0 Å². The van der Waals surface area contributed by atoms with Crippen LogP contribution in [0.3, 0.4) is 0 Å². The van der Waals surface area contributed by atoms with Crippen LogP contribution in [0.25, 0.3) is 0 Å². The number of hydrogen-bond acceptors (Lipinski definition) is 1. The van der Waals surface area contributed by atoms with Crippen LogP contribution in [0.2, 0.25) is 0 Å². The van der Waals surface area contributed by atoms with Crippen molar-refractivity contribution in [2.24, 2.45) is 5.92 Å². The molecule has 84 valence electrons. The number of hydrogen-bond donors (Lipinski definition) is 1. The molecule has 3 rings (SSSR count). The van der Waals surface area contributed by atoms with Crippen LogP contribution in [-0.4, -0.2) is 29.2 Å². The second-order valence-electron chi connectivity index (χ2n) is 4.73. The molecule has 0 aromatic heterocycles. The lowest BCUT2D eigenvalue weighted by Gasteiger charge is -2.18. The lowest BCUT2D eigenvalue weighted by molar-refractivity contribution is 0.150. The van der Waals surface area contributed by atoms with Crippen molar-refractivity contribution in [3.63, 3.8) is 0 Å². The Hall–Kier alpha value is -1.03. The third-order valence-corrected chi connectivity index (χ3v) is 4.31. The number of likely N-dealkylation sites (tertiary alicyclic amines) is 1. The normalized spacial score (nSPS) is 31.3. The molecule has 2 fully saturated rings. The summed E-state index contributed by atoms with van der Waals surface area (Å²) < 4.78 is 1.07. The molecule has 1 aromatic carbocycles. The molecule has 1 heterocycles. The second-order valence-corrected chi connectivity index (χ2v) is 5.65. The van der Waals surface area contributed by atoms with E-state index in [0.717, 1.165) is 10.9 Å². The standard InChI is InChI=1S/C12H12BrNO2/c13-10-3-1-2-8(4-10)12-5-9(12)6-14(7-12)11(15)16/h1-4,9H,5-7H2,(H,15,16). The molecule has 4 heteroatoms.